The number of carboxylic acid groups (broad SMARTS) is 3. The molecule has 0 bridgehead atoms. The predicted molar refractivity (Wildman–Crippen MR) is 219 cm³/mol. The van der Waals surface area contributed by atoms with E-state index in [0.717, 1.165) is 6.42 Å². The summed E-state index contributed by atoms with van der Waals surface area (Å²) < 4.78 is 0. The second-order valence-electron chi connectivity index (χ2n) is 16.7. The van der Waals surface area contributed by atoms with Crippen molar-refractivity contribution in [3.05, 3.63) is 0 Å². The quantitative estimate of drug-likeness (QED) is 0.0531. The molecule has 24 nitrogen and oxygen atoms in total. The third kappa shape index (κ3) is 13.3. The van der Waals surface area contributed by atoms with Gasteiger partial charge in [-0.25, -0.2) is 4.79 Å². The molecule has 64 heavy (non-hydrogen) atoms. The second kappa shape index (κ2) is 23.1. The van der Waals surface area contributed by atoms with Crippen molar-refractivity contribution in [3.8, 4) is 0 Å². The minimum absolute atomic E-state index is 0.108. The summed E-state index contributed by atoms with van der Waals surface area (Å²) in [7, 11) is 0. The third-order valence-corrected chi connectivity index (χ3v) is 11.9. The fourth-order valence-corrected chi connectivity index (χ4v) is 8.46. The normalized spacial score (nSPS) is 23.5. The molecule has 0 aromatic heterocycles. The lowest BCUT2D eigenvalue weighted by Gasteiger charge is -2.33. The van der Waals surface area contributed by atoms with E-state index in [4.69, 9.17) is 5.11 Å². The highest BCUT2D eigenvalue weighted by atomic mass is 16.4. The van der Waals surface area contributed by atoms with Crippen molar-refractivity contribution in [1.82, 2.24) is 46.6 Å². The summed E-state index contributed by atoms with van der Waals surface area (Å²) in [5, 5.41) is 53.5. The van der Waals surface area contributed by atoms with Crippen molar-refractivity contribution in [1.29, 1.82) is 0 Å². The Morgan fingerprint density at radius 1 is 0.562 bits per heavy atom. The van der Waals surface area contributed by atoms with Gasteiger partial charge in [-0.2, -0.15) is 0 Å². The number of nitrogens with one attached hydrogen (secondary N) is 6. The zero-order chi connectivity index (χ0) is 47.4. The summed E-state index contributed by atoms with van der Waals surface area (Å²) in [6.07, 6.45) is 0.111. The largest absolute Gasteiger partial charge is 0.481 e. The number of carbonyl (C=O) groups is 11. The molecule has 4 aliphatic rings. The molecular formula is C40H61N9O15. The molecule has 0 radical (unpaired) electrons. The maximum atomic E-state index is 13.9. The summed E-state index contributed by atoms with van der Waals surface area (Å²) in [6.45, 7) is 4.92. The molecule has 0 unspecified atom stereocenters. The van der Waals surface area contributed by atoms with E-state index in [1.165, 1.54) is 35.5 Å². The molecule has 0 spiro atoms. The third-order valence-electron chi connectivity index (χ3n) is 11.9. The lowest BCUT2D eigenvalue weighted by atomic mass is 10.1. The van der Waals surface area contributed by atoms with Gasteiger partial charge >= 0.3 is 17.9 Å². The second-order valence-corrected chi connectivity index (χ2v) is 16.7. The Hall–Kier alpha value is -5.91. The van der Waals surface area contributed by atoms with Gasteiger partial charge in [-0.15, -0.1) is 0 Å². The van der Waals surface area contributed by atoms with E-state index in [0.29, 0.717) is 32.2 Å². The highest BCUT2D eigenvalue weighted by Crippen LogP contribution is 2.26. The van der Waals surface area contributed by atoms with Gasteiger partial charge in [0.05, 0.1) is 12.1 Å². The van der Waals surface area contributed by atoms with Crippen molar-refractivity contribution >= 4 is 65.2 Å². The van der Waals surface area contributed by atoms with Gasteiger partial charge in [0.25, 0.3) is 0 Å². The number of hydrogen-bond acceptors (Lipinski definition) is 13. The molecule has 356 valence electrons. The van der Waals surface area contributed by atoms with Gasteiger partial charge in [-0.05, 0) is 91.5 Å². The molecule has 4 fully saturated rings. The smallest absolute Gasteiger partial charge is 0.326 e. The van der Waals surface area contributed by atoms with Crippen molar-refractivity contribution in [2.24, 2.45) is 0 Å². The molecule has 24 heteroatoms. The fourth-order valence-electron chi connectivity index (χ4n) is 8.46. The van der Waals surface area contributed by atoms with E-state index in [-0.39, 0.29) is 51.7 Å². The van der Waals surface area contributed by atoms with Crippen LogP contribution in [0.15, 0.2) is 0 Å². The number of nitrogens with zero attached hydrogens (tertiary/aromatic N) is 3. The lowest BCUT2D eigenvalue weighted by Crippen LogP contribution is -2.61. The van der Waals surface area contributed by atoms with Gasteiger partial charge in [0.2, 0.25) is 47.3 Å². The molecule has 4 aliphatic heterocycles. The highest BCUT2D eigenvalue weighted by Gasteiger charge is 2.45. The van der Waals surface area contributed by atoms with E-state index >= 15 is 0 Å². The molecular weight excluding hydrogens is 846 g/mol. The average molecular weight is 908 g/mol. The van der Waals surface area contributed by atoms with Crippen molar-refractivity contribution in [3.63, 3.8) is 0 Å². The maximum Gasteiger partial charge on any atom is 0.326 e. The van der Waals surface area contributed by atoms with Crippen LogP contribution in [0.4, 0.5) is 0 Å². The van der Waals surface area contributed by atoms with Crippen LogP contribution in [0.3, 0.4) is 0 Å². The molecule has 0 aromatic rings. The van der Waals surface area contributed by atoms with Gasteiger partial charge in [-0.1, -0.05) is 0 Å². The highest BCUT2D eigenvalue weighted by molar-refractivity contribution is 5.98. The minimum Gasteiger partial charge on any atom is -0.481 e. The first-order valence-electron chi connectivity index (χ1n) is 21.7. The zero-order valence-electron chi connectivity index (χ0n) is 36.2. The first kappa shape index (κ1) is 50.7. The van der Waals surface area contributed by atoms with Gasteiger partial charge in [0.15, 0.2) is 0 Å². The van der Waals surface area contributed by atoms with Crippen LogP contribution in [0.1, 0.15) is 97.8 Å². The van der Waals surface area contributed by atoms with E-state index in [2.05, 4.69) is 31.9 Å². The number of rotatable bonds is 21. The summed E-state index contributed by atoms with van der Waals surface area (Å²) in [5.74, 6) is -9.53. The van der Waals surface area contributed by atoms with Crippen LogP contribution in [-0.2, 0) is 52.7 Å². The average Bonchev–Trinajstić information content (AvgIpc) is 4.09. The number of carbonyl (C=O) groups excluding carboxylic acids is 8. The van der Waals surface area contributed by atoms with Gasteiger partial charge in [0, 0.05) is 32.5 Å². The predicted octanol–water partition coefficient (Wildman–Crippen LogP) is -3.63. The van der Waals surface area contributed by atoms with Crippen molar-refractivity contribution < 1.29 is 73.2 Å². The summed E-state index contributed by atoms with van der Waals surface area (Å²) >= 11 is 0. The maximum absolute atomic E-state index is 13.9. The van der Waals surface area contributed by atoms with Crippen LogP contribution in [0.25, 0.3) is 0 Å². The Labute approximate surface area is 368 Å². The van der Waals surface area contributed by atoms with Crippen LogP contribution in [-0.4, -0.2) is 187 Å². The summed E-state index contributed by atoms with van der Waals surface area (Å²) in [6, 6.07) is -10.6. The van der Waals surface area contributed by atoms with Crippen LogP contribution < -0.4 is 31.9 Å². The Morgan fingerprint density at radius 3 is 1.64 bits per heavy atom. The van der Waals surface area contributed by atoms with Crippen LogP contribution in [0.5, 0.6) is 0 Å². The van der Waals surface area contributed by atoms with E-state index in [9.17, 15) is 68.1 Å². The first-order valence-corrected chi connectivity index (χ1v) is 21.7. The molecule has 8 amide bonds. The number of amides is 8. The molecule has 0 aliphatic carbocycles. The molecule has 4 saturated heterocycles. The lowest BCUT2D eigenvalue weighted by molar-refractivity contribution is -0.148. The first-order chi connectivity index (χ1) is 30.2. The summed E-state index contributed by atoms with van der Waals surface area (Å²) in [5.41, 5.74) is 0. The fraction of sp³-hybridized carbons (Fsp3) is 0.725. The number of aliphatic hydroxyl groups is 1. The number of carboxylic acids is 3. The van der Waals surface area contributed by atoms with Gasteiger partial charge < -0.3 is 67.0 Å². The van der Waals surface area contributed by atoms with Crippen LogP contribution in [0, 0.1) is 0 Å². The molecule has 4 heterocycles. The molecule has 0 aromatic carbocycles. The standard InChI is InChI=1S/C40H61N9O15/c1-20(32(55)45-25(40(63)64)13-15-30(53)54)42-34(57)26-9-6-18-48(26)39(62)28-11-7-19-49(28)37(60)21(2)43-36(59)31(22(3)50)46-35(58)27-10-5-17-47(27)38(61)24(12-14-29(51)52)44-33(56)23-8-4-16-41-23/h20-28,31,41,50H,4-19H2,1-3H3,(H,42,57)(H,43,59)(H,44,56)(H,45,55)(H,46,58)(H,51,52)(H,53,54)(H,63,64)/t20-,21-,22+,23-,24-,25-,26-,27-,28-,31-/m0/s1. The Bertz CT molecular complexity index is 1810. The zero-order valence-corrected chi connectivity index (χ0v) is 36.2. The number of hydrogen-bond donors (Lipinski definition) is 10. The SMILES string of the molecule is C[C@H](NC(=O)[C@@H]1CCCN1C(=O)[C@@H]1CCCN1C(=O)[C@H](C)NC(=O)[C@@H](NC(=O)[C@@H]1CCCN1C(=O)[C@H](CCC(=O)O)NC(=O)[C@@H]1CCCN1)[C@@H](C)O)C(=O)N[C@@H](CCC(=O)O)C(=O)O. The van der Waals surface area contributed by atoms with Crippen molar-refractivity contribution in [2.75, 3.05) is 26.2 Å². The minimum atomic E-state index is -1.60. The van der Waals surface area contributed by atoms with E-state index < -0.39 is 138 Å². The number of likely N-dealkylation sites (tertiary alicyclic amines) is 3. The topological polar surface area (TPSA) is 351 Å². The monoisotopic (exact) mass is 907 g/mol. The van der Waals surface area contributed by atoms with Crippen molar-refractivity contribution in [2.45, 2.75) is 158 Å². The molecule has 10 N–H and O–H groups in total. The van der Waals surface area contributed by atoms with Gasteiger partial charge in [0.1, 0.15) is 48.3 Å². The number of aliphatic carboxylic acids is 3. The van der Waals surface area contributed by atoms with E-state index in [1.54, 1.807) is 0 Å². The van der Waals surface area contributed by atoms with E-state index in [1.807, 2.05) is 0 Å². The van der Waals surface area contributed by atoms with Crippen LogP contribution >= 0.6 is 0 Å². The van der Waals surface area contributed by atoms with Gasteiger partial charge in [-0.3, -0.25) is 47.9 Å². The Morgan fingerprint density at radius 2 is 1.09 bits per heavy atom. The molecule has 0 saturated carbocycles. The summed E-state index contributed by atoms with van der Waals surface area (Å²) in [4.78, 5) is 145. The Balaban J connectivity index is 1.35. The molecule has 4 rings (SSSR count). The number of aliphatic hydroxyl groups excluding tert-OH is 1. The Kier molecular flexibility index (Phi) is 18.3. The van der Waals surface area contributed by atoms with Crippen LogP contribution in [0.2, 0.25) is 0 Å². The molecule has 10 atom stereocenters.